The van der Waals surface area contributed by atoms with E-state index >= 15 is 0 Å². The molecule has 1 heterocycles. The van der Waals surface area contributed by atoms with Crippen LogP contribution in [-0.2, 0) is 6.61 Å². The van der Waals surface area contributed by atoms with E-state index in [9.17, 15) is 14.4 Å². The first-order chi connectivity index (χ1) is 14.5. The summed E-state index contributed by atoms with van der Waals surface area (Å²) >= 11 is 0. The molecule has 30 heavy (non-hydrogen) atoms. The van der Waals surface area contributed by atoms with E-state index in [0.29, 0.717) is 44.3 Å². The number of aromatic amines is 1. The third kappa shape index (κ3) is 2.68. The van der Waals surface area contributed by atoms with Crippen molar-refractivity contribution in [2.24, 2.45) is 0 Å². The van der Waals surface area contributed by atoms with Gasteiger partial charge in [-0.15, -0.1) is 5.10 Å². The summed E-state index contributed by atoms with van der Waals surface area (Å²) in [5, 5.41) is 7.16. The zero-order valence-corrected chi connectivity index (χ0v) is 15.6. The Kier molecular flexibility index (Phi) is 3.96. The lowest BCUT2D eigenvalue weighted by Gasteiger charge is -2.18. The summed E-state index contributed by atoms with van der Waals surface area (Å²) in [6.07, 6.45) is 0. The highest BCUT2D eigenvalue weighted by Gasteiger charge is 2.29. The first kappa shape index (κ1) is 17.8. The minimum Gasteiger partial charge on any atom is -0.471 e. The van der Waals surface area contributed by atoms with Crippen LogP contribution < -0.4 is 16.0 Å². The van der Waals surface area contributed by atoms with Crippen LogP contribution in [0.1, 0.15) is 37.4 Å². The molecule has 3 aromatic carbocycles. The molecule has 0 bridgehead atoms. The van der Waals surface area contributed by atoms with E-state index in [0.717, 1.165) is 0 Å². The van der Waals surface area contributed by atoms with E-state index in [1.807, 2.05) is 0 Å². The molecule has 1 aliphatic carbocycles. The number of nitrogens with two attached hydrogens (primary N) is 1. The molecule has 7 nitrogen and oxygen atoms in total. The van der Waals surface area contributed by atoms with E-state index in [4.69, 9.17) is 10.5 Å². The second-order valence-electron chi connectivity index (χ2n) is 7.00. The lowest BCUT2D eigenvalue weighted by molar-refractivity contribution is 0.0979. The molecule has 1 aromatic heterocycles. The average molecular weight is 397 g/mol. The Balaban J connectivity index is 1.48. The van der Waals surface area contributed by atoms with Gasteiger partial charge in [-0.05, 0) is 29.8 Å². The quantitative estimate of drug-likeness (QED) is 0.452. The Bertz CT molecular complexity index is 1420. The fourth-order valence-electron chi connectivity index (χ4n) is 3.72. The highest BCUT2D eigenvalue weighted by Crippen LogP contribution is 2.29. The molecule has 0 unspecified atom stereocenters. The zero-order valence-electron chi connectivity index (χ0n) is 15.6. The van der Waals surface area contributed by atoms with Crippen molar-refractivity contribution in [1.29, 1.82) is 0 Å². The largest absolute Gasteiger partial charge is 0.471 e. The third-order valence-electron chi connectivity index (χ3n) is 5.18. The fraction of sp³-hybridized carbons (Fsp3) is 0.0435. The Morgan fingerprint density at radius 2 is 1.53 bits per heavy atom. The Hall–Kier alpha value is -4.26. The predicted molar refractivity (Wildman–Crippen MR) is 111 cm³/mol. The molecule has 0 radical (unpaired) electrons. The van der Waals surface area contributed by atoms with Crippen molar-refractivity contribution in [2.75, 3.05) is 5.73 Å². The lowest BCUT2D eigenvalue weighted by Crippen LogP contribution is -2.21. The molecule has 3 N–H and O–H groups in total. The topological polar surface area (TPSA) is 115 Å². The van der Waals surface area contributed by atoms with Crippen molar-refractivity contribution >= 4 is 28.0 Å². The minimum atomic E-state index is -0.396. The summed E-state index contributed by atoms with van der Waals surface area (Å²) in [6.45, 7) is 0.0966. The molecule has 7 heteroatoms. The number of nitrogens with zero attached hydrogens (tertiary/aromatic N) is 1. The van der Waals surface area contributed by atoms with Gasteiger partial charge in [-0.1, -0.05) is 36.4 Å². The van der Waals surface area contributed by atoms with Crippen LogP contribution in [-0.4, -0.2) is 21.8 Å². The molecule has 5 rings (SSSR count). The number of hydrogen-bond donors (Lipinski definition) is 2. The average Bonchev–Trinajstić information content (AvgIpc) is 2.77. The summed E-state index contributed by atoms with van der Waals surface area (Å²) in [6, 6.07) is 16.9. The van der Waals surface area contributed by atoms with Crippen LogP contribution in [0.15, 0.2) is 65.5 Å². The van der Waals surface area contributed by atoms with Crippen LogP contribution in [0.25, 0.3) is 10.8 Å². The van der Waals surface area contributed by atoms with Gasteiger partial charge in [0.2, 0.25) is 5.88 Å². The number of H-pyrrole nitrogens is 1. The molecule has 0 saturated heterocycles. The Morgan fingerprint density at radius 3 is 2.30 bits per heavy atom. The number of carbonyl (C=O) groups is 2. The van der Waals surface area contributed by atoms with Crippen molar-refractivity contribution < 1.29 is 14.3 Å². The number of hydrogen-bond acceptors (Lipinski definition) is 6. The van der Waals surface area contributed by atoms with E-state index < -0.39 is 5.56 Å². The standard InChI is InChI=1S/C23H15N3O4/c24-18-7-3-6-16-19(18)22(29)25-26-23(16)30-11-12-8-9-15-17(10-12)21(28)14-5-2-1-4-13(14)20(15)27/h1-10H,11,24H2,(H,25,29). The number of carbonyl (C=O) groups excluding carboxylic acids is 2. The number of aromatic nitrogens is 2. The summed E-state index contributed by atoms with van der Waals surface area (Å²) in [5.74, 6) is -0.138. The van der Waals surface area contributed by atoms with Crippen molar-refractivity contribution in [2.45, 2.75) is 6.61 Å². The van der Waals surface area contributed by atoms with Gasteiger partial charge in [0, 0.05) is 27.9 Å². The summed E-state index contributed by atoms with van der Waals surface area (Å²) in [4.78, 5) is 37.6. The number of rotatable bonds is 3. The molecule has 0 aliphatic heterocycles. The fourth-order valence-corrected chi connectivity index (χ4v) is 3.72. The SMILES string of the molecule is Nc1cccc2c(OCc3ccc4c(c3)C(=O)c3ccccc3C4=O)n[nH]c(=O)c12. The number of nitrogens with one attached hydrogen (secondary N) is 1. The Labute approximate surface area is 170 Å². The molecule has 0 amide bonds. The van der Waals surface area contributed by atoms with E-state index in [1.54, 1.807) is 60.7 Å². The molecule has 0 fully saturated rings. The maximum atomic E-state index is 12.9. The molecule has 4 aromatic rings. The maximum Gasteiger partial charge on any atom is 0.274 e. The van der Waals surface area contributed by atoms with Gasteiger partial charge in [-0.25, -0.2) is 5.10 Å². The first-order valence-electron chi connectivity index (χ1n) is 9.25. The molecule has 1 aliphatic rings. The van der Waals surface area contributed by atoms with Gasteiger partial charge in [0.15, 0.2) is 11.6 Å². The number of nitrogen functional groups attached to an aromatic ring is 1. The van der Waals surface area contributed by atoms with Gasteiger partial charge in [-0.2, -0.15) is 0 Å². The van der Waals surface area contributed by atoms with Gasteiger partial charge in [0.05, 0.1) is 10.8 Å². The molecular weight excluding hydrogens is 382 g/mol. The van der Waals surface area contributed by atoms with Crippen molar-refractivity contribution in [1.82, 2.24) is 10.2 Å². The van der Waals surface area contributed by atoms with Gasteiger partial charge >= 0.3 is 0 Å². The van der Waals surface area contributed by atoms with Gasteiger partial charge in [-0.3, -0.25) is 14.4 Å². The van der Waals surface area contributed by atoms with Gasteiger partial charge in [0.25, 0.3) is 5.56 Å². The van der Waals surface area contributed by atoms with Gasteiger partial charge < -0.3 is 10.5 Å². The van der Waals surface area contributed by atoms with Crippen molar-refractivity contribution in [3.8, 4) is 5.88 Å². The van der Waals surface area contributed by atoms with Crippen LogP contribution in [0.4, 0.5) is 5.69 Å². The predicted octanol–water partition coefficient (Wildman–Crippen LogP) is 2.86. The molecule has 0 spiro atoms. The van der Waals surface area contributed by atoms with Crippen LogP contribution in [0.5, 0.6) is 5.88 Å². The number of anilines is 1. The summed E-state index contributed by atoms with van der Waals surface area (Å²) in [5.41, 5.74) is 8.08. The smallest absolute Gasteiger partial charge is 0.274 e. The molecule has 146 valence electrons. The molecule has 0 atom stereocenters. The lowest BCUT2D eigenvalue weighted by atomic mass is 9.83. The number of ether oxygens (including phenoxy) is 1. The second kappa shape index (κ2) is 6.66. The minimum absolute atomic E-state index is 0.0966. The first-order valence-corrected chi connectivity index (χ1v) is 9.25. The van der Waals surface area contributed by atoms with Crippen molar-refractivity contribution in [3.05, 3.63) is 98.8 Å². The third-order valence-corrected chi connectivity index (χ3v) is 5.18. The monoisotopic (exact) mass is 397 g/mol. The van der Waals surface area contributed by atoms with Crippen LogP contribution >= 0.6 is 0 Å². The van der Waals surface area contributed by atoms with Crippen LogP contribution in [0.2, 0.25) is 0 Å². The van der Waals surface area contributed by atoms with Crippen molar-refractivity contribution in [3.63, 3.8) is 0 Å². The number of ketones is 2. The van der Waals surface area contributed by atoms with E-state index in [-0.39, 0.29) is 24.1 Å². The summed E-state index contributed by atoms with van der Waals surface area (Å²) in [7, 11) is 0. The maximum absolute atomic E-state index is 12.9. The van der Waals surface area contributed by atoms with Crippen LogP contribution in [0, 0.1) is 0 Å². The van der Waals surface area contributed by atoms with E-state index in [1.165, 1.54) is 0 Å². The number of benzene rings is 3. The Morgan fingerprint density at radius 1 is 0.833 bits per heavy atom. The highest BCUT2D eigenvalue weighted by atomic mass is 16.5. The zero-order chi connectivity index (χ0) is 20.8. The van der Waals surface area contributed by atoms with E-state index in [2.05, 4.69) is 10.2 Å². The normalized spacial score (nSPS) is 12.5. The summed E-state index contributed by atoms with van der Waals surface area (Å²) < 4.78 is 5.80. The molecular formula is C23H15N3O4. The molecule has 0 saturated carbocycles. The number of fused-ring (bicyclic) bond motifs is 3. The van der Waals surface area contributed by atoms with Gasteiger partial charge in [0.1, 0.15) is 6.61 Å². The van der Waals surface area contributed by atoms with Crippen LogP contribution in [0.3, 0.4) is 0 Å². The highest BCUT2D eigenvalue weighted by molar-refractivity contribution is 6.28. The second-order valence-corrected chi connectivity index (χ2v) is 7.00.